The molecule has 5 heteroatoms. The van der Waals surface area contributed by atoms with Crippen LogP contribution >= 0.6 is 15.9 Å². The van der Waals surface area contributed by atoms with Crippen LogP contribution in [0.4, 0.5) is 4.79 Å². The standard InChI is InChI=1S/C12H17BrN2O2/c1-7-9(13)10(8-5-6-8)14-15(7)11(16)17-12(2,3)4/h8H,5-6H2,1-4H3. The molecule has 1 heterocycles. The number of carbonyl (C=O) groups is 1. The smallest absolute Gasteiger partial charge is 0.435 e. The van der Waals surface area contributed by atoms with Gasteiger partial charge in [-0.25, -0.2) is 4.79 Å². The lowest BCUT2D eigenvalue weighted by Gasteiger charge is -2.19. The van der Waals surface area contributed by atoms with Crippen LogP contribution in [0.15, 0.2) is 4.47 Å². The van der Waals surface area contributed by atoms with E-state index in [4.69, 9.17) is 4.74 Å². The van der Waals surface area contributed by atoms with Crippen LogP contribution in [0.2, 0.25) is 0 Å². The molecule has 4 nitrogen and oxygen atoms in total. The number of nitrogens with zero attached hydrogens (tertiary/aromatic N) is 2. The highest BCUT2D eigenvalue weighted by molar-refractivity contribution is 9.10. The van der Waals surface area contributed by atoms with E-state index in [1.165, 1.54) is 4.68 Å². The normalized spacial score (nSPS) is 16.1. The number of ether oxygens (including phenoxy) is 1. The quantitative estimate of drug-likeness (QED) is 0.796. The molecule has 0 radical (unpaired) electrons. The van der Waals surface area contributed by atoms with Gasteiger partial charge in [0.1, 0.15) is 5.60 Å². The molecule has 0 unspecified atom stereocenters. The third-order valence-corrected chi connectivity index (χ3v) is 3.58. The average Bonchev–Trinajstić information content (AvgIpc) is 2.94. The molecule has 0 amide bonds. The second-order valence-corrected chi connectivity index (χ2v) is 6.24. The summed E-state index contributed by atoms with van der Waals surface area (Å²) in [4.78, 5) is 11.9. The van der Waals surface area contributed by atoms with Crippen molar-refractivity contribution in [1.29, 1.82) is 0 Å². The van der Waals surface area contributed by atoms with Gasteiger partial charge in [-0.2, -0.15) is 9.78 Å². The maximum atomic E-state index is 11.9. The van der Waals surface area contributed by atoms with Gasteiger partial charge in [0.25, 0.3) is 0 Å². The van der Waals surface area contributed by atoms with Crippen LogP contribution < -0.4 is 0 Å². The first kappa shape index (κ1) is 12.6. The first-order chi connectivity index (χ1) is 7.79. The topological polar surface area (TPSA) is 44.1 Å². The Labute approximate surface area is 109 Å². The third kappa shape index (κ3) is 2.70. The van der Waals surface area contributed by atoms with Gasteiger partial charge in [0.2, 0.25) is 0 Å². The van der Waals surface area contributed by atoms with Crippen LogP contribution in [-0.2, 0) is 4.74 Å². The van der Waals surface area contributed by atoms with Crippen molar-refractivity contribution in [2.24, 2.45) is 0 Å². The van der Waals surface area contributed by atoms with Crippen LogP contribution in [-0.4, -0.2) is 21.5 Å². The summed E-state index contributed by atoms with van der Waals surface area (Å²) in [5, 5.41) is 4.35. The van der Waals surface area contributed by atoms with Crippen LogP contribution in [0.1, 0.15) is 50.9 Å². The highest BCUT2D eigenvalue weighted by Gasteiger charge is 2.32. The molecule has 94 valence electrons. The summed E-state index contributed by atoms with van der Waals surface area (Å²) in [6, 6.07) is 0. The summed E-state index contributed by atoms with van der Waals surface area (Å²) < 4.78 is 7.60. The Kier molecular flexibility index (Phi) is 3.06. The van der Waals surface area contributed by atoms with E-state index >= 15 is 0 Å². The van der Waals surface area contributed by atoms with E-state index < -0.39 is 11.7 Å². The molecule has 17 heavy (non-hydrogen) atoms. The lowest BCUT2D eigenvalue weighted by molar-refractivity contribution is 0.0510. The molecule has 0 saturated heterocycles. The summed E-state index contributed by atoms with van der Waals surface area (Å²) in [6.07, 6.45) is 1.90. The molecule has 2 rings (SSSR count). The number of hydrogen-bond acceptors (Lipinski definition) is 3. The van der Waals surface area contributed by atoms with Crippen LogP contribution in [0, 0.1) is 6.92 Å². The molecule has 1 aromatic heterocycles. The zero-order valence-corrected chi connectivity index (χ0v) is 12.2. The average molecular weight is 301 g/mol. The molecular formula is C12H17BrN2O2. The molecule has 1 aliphatic rings. The fourth-order valence-electron chi connectivity index (χ4n) is 1.61. The zero-order valence-electron chi connectivity index (χ0n) is 10.6. The second kappa shape index (κ2) is 4.12. The van der Waals surface area contributed by atoms with Gasteiger partial charge in [0.15, 0.2) is 0 Å². The van der Waals surface area contributed by atoms with Gasteiger partial charge in [-0.05, 0) is 56.5 Å². The zero-order chi connectivity index (χ0) is 12.8. The van der Waals surface area contributed by atoms with Gasteiger partial charge in [0, 0.05) is 5.92 Å². The lowest BCUT2D eigenvalue weighted by atomic mass is 10.2. The van der Waals surface area contributed by atoms with Crippen LogP contribution in [0.25, 0.3) is 0 Å². The predicted octanol–water partition coefficient (Wildman–Crippen LogP) is 3.61. The van der Waals surface area contributed by atoms with Crippen LogP contribution in [0.3, 0.4) is 0 Å². The largest absolute Gasteiger partial charge is 0.442 e. The van der Waals surface area contributed by atoms with E-state index in [2.05, 4.69) is 21.0 Å². The van der Waals surface area contributed by atoms with E-state index in [0.717, 1.165) is 28.7 Å². The SMILES string of the molecule is Cc1c(Br)c(C2CC2)nn1C(=O)OC(C)(C)C. The van der Waals surface area contributed by atoms with E-state index in [9.17, 15) is 4.79 Å². The van der Waals surface area contributed by atoms with Crippen molar-refractivity contribution in [2.45, 2.75) is 52.1 Å². The first-order valence-corrected chi connectivity index (χ1v) is 6.57. The van der Waals surface area contributed by atoms with Gasteiger partial charge in [-0.15, -0.1) is 0 Å². The second-order valence-electron chi connectivity index (χ2n) is 5.45. The van der Waals surface area contributed by atoms with Gasteiger partial charge >= 0.3 is 6.09 Å². The molecule has 0 bridgehead atoms. The highest BCUT2D eigenvalue weighted by atomic mass is 79.9. The molecule has 0 aromatic carbocycles. The van der Waals surface area contributed by atoms with Crippen molar-refractivity contribution < 1.29 is 9.53 Å². The molecule has 1 saturated carbocycles. The Morgan fingerprint density at radius 3 is 2.53 bits per heavy atom. The lowest BCUT2D eigenvalue weighted by Crippen LogP contribution is -2.28. The van der Waals surface area contributed by atoms with E-state index in [1.807, 2.05) is 27.7 Å². The monoisotopic (exact) mass is 300 g/mol. The molecule has 1 fully saturated rings. The Morgan fingerprint density at radius 2 is 2.06 bits per heavy atom. The molecule has 0 spiro atoms. The fourth-order valence-corrected chi connectivity index (χ4v) is 2.18. The Morgan fingerprint density at radius 1 is 1.47 bits per heavy atom. The third-order valence-electron chi connectivity index (χ3n) is 2.60. The minimum atomic E-state index is -0.498. The number of rotatable bonds is 1. The molecule has 0 atom stereocenters. The summed E-state index contributed by atoms with van der Waals surface area (Å²) in [6.45, 7) is 7.41. The van der Waals surface area contributed by atoms with Crippen molar-refractivity contribution >= 4 is 22.0 Å². The number of halogens is 1. The van der Waals surface area contributed by atoms with Crippen molar-refractivity contribution in [3.63, 3.8) is 0 Å². The highest BCUT2D eigenvalue weighted by Crippen LogP contribution is 2.43. The van der Waals surface area contributed by atoms with Gasteiger partial charge in [-0.1, -0.05) is 0 Å². The minimum Gasteiger partial charge on any atom is -0.442 e. The number of aromatic nitrogens is 2. The summed E-state index contributed by atoms with van der Waals surface area (Å²) in [7, 11) is 0. The van der Waals surface area contributed by atoms with Gasteiger partial charge < -0.3 is 4.74 Å². The maximum absolute atomic E-state index is 11.9. The van der Waals surface area contributed by atoms with Crippen molar-refractivity contribution in [2.75, 3.05) is 0 Å². The van der Waals surface area contributed by atoms with Crippen molar-refractivity contribution in [3.8, 4) is 0 Å². The van der Waals surface area contributed by atoms with Crippen LogP contribution in [0.5, 0.6) is 0 Å². The van der Waals surface area contributed by atoms with E-state index in [1.54, 1.807) is 0 Å². The van der Waals surface area contributed by atoms with Gasteiger partial charge in [-0.3, -0.25) is 0 Å². The molecule has 1 aromatic rings. The minimum absolute atomic E-state index is 0.414. The summed E-state index contributed by atoms with van der Waals surface area (Å²) >= 11 is 3.50. The van der Waals surface area contributed by atoms with E-state index in [-0.39, 0.29) is 0 Å². The Bertz CT molecular complexity index is 456. The fraction of sp³-hybridized carbons (Fsp3) is 0.667. The molecule has 0 N–H and O–H groups in total. The Hall–Kier alpha value is -0.840. The van der Waals surface area contributed by atoms with Crippen molar-refractivity contribution in [3.05, 3.63) is 15.9 Å². The predicted molar refractivity (Wildman–Crippen MR) is 68.3 cm³/mol. The Balaban J connectivity index is 2.26. The number of hydrogen-bond donors (Lipinski definition) is 0. The maximum Gasteiger partial charge on any atom is 0.435 e. The van der Waals surface area contributed by atoms with E-state index in [0.29, 0.717) is 5.92 Å². The van der Waals surface area contributed by atoms with Gasteiger partial charge in [0.05, 0.1) is 15.9 Å². The number of carbonyl (C=O) groups excluding carboxylic acids is 1. The molecular weight excluding hydrogens is 284 g/mol. The molecule has 1 aliphatic carbocycles. The molecule has 0 aliphatic heterocycles. The first-order valence-electron chi connectivity index (χ1n) is 5.78. The van der Waals surface area contributed by atoms with Crippen molar-refractivity contribution in [1.82, 2.24) is 9.78 Å². The summed E-state index contributed by atoms with van der Waals surface area (Å²) in [5.41, 5.74) is 1.29. The summed E-state index contributed by atoms with van der Waals surface area (Å²) in [5.74, 6) is 0.506.